The molecule has 4 heteroatoms. The summed E-state index contributed by atoms with van der Waals surface area (Å²) in [5.74, 6) is -3.02. The minimum atomic E-state index is -2.63. The molecule has 9 heavy (non-hydrogen) atoms. The van der Waals surface area contributed by atoms with Crippen LogP contribution in [-0.2, 0) is 4.79 Å². The molecule has 0 bridgehead atoms. The van der Waals surface area contributed by atoms with Crippen molar-refractivity contribution in [1.82, 2.24) is 5.32 Å². The van der Waals surface area contributed by atoms with E-state index in [9.17, 15) is 13.6 Å². The average Bonchev–Trinajstić information content (AvgIpc) is 2.10. The third-order valence-electron chi connectivity index (χ3n) is 1.20. The van der Waals surface area contributed by atoms with E-state index in [1.54, 1.807) is 0 Å². The maximum Gasteiger partial charge on any atom is 0.270 e. The van der Waals surface area contributed by atoms with E-state index in [1.165, 1.54) is 6.92 Å². The summed E-state index contributed by atoms with van der Waals surface area (Å²) in [5, 5.41) is 2.12. The molecule has 1 atom stereocenters. The first-order valence-electron chi connectivity index (χ1n) is 2.67. The van der Waals surface area contributed by atoms with Crippen LogP contribution < -0.4 is 5.32 Å². The maximum atomic E-state index is 11.9. The van der Waals surface area contributed by atoms with Gasteiger partial charge in [0.25, 0.3) is 5.92 Å². The van der Waals surface area contributed by atoms with Crippen LogP contribution in [0.5, 0.6) is 0 Å². The van der Waals surface area contributed by atoms with Gasteiger partial charge in [-0.2, -0.15) is 0 Å². The van der Waals surface area contributed by atoms with Gasteiger partial charge in [0, 0.05) is 13.3 Å². The van der Waals surface area contributed by atoms with Crippen LogP contribution in [0.3, 0.4) is 0 Å². The molecule has 0 radical (unpaired) electrons. The number of hydrogen-bond donors (Lipinski definition) is 1. The fourth-order valence-electron chi connectivity index (χ4n) is 0.615. The van der Waals surface area contributed by atoms with Gasteiger partial charge in [-0.15, -0.1) is 0 Å². The van der Waals surface area contributed by atoms with Gasteiger partial charge in [-0.25, -0.2) is 8.78 Å². The molecule has 1 fully saturated rings. The Labute approximate surface area is 51.2 Å². The highest BCUT2D eigenvalue weighted by Gasteiger charge is 2.57. The molecule has 1 amide bonds. The van der Waals surface area contributed by atoms with Crippen LogP contribution in [0.25, 0.3) is 0 Å². The van der Waals surface area contributed by atoms with E-state index in [2.05, 4.69) is 5.32 Å². The zero-order valence-electron chi connectivity index (χ0n) is 4.95. The second kappa shape index (κ2) is 1.65. The molecule has 0 aromatic carbocycles. The van der Waals surface area contributed by atoms with E-state index in [-0.39, 0.29) is 6.42 Å². The largest absolute Gasteiger partial charge is 0.347 e. The normalized spacial score (nSPS) is 29.4. The van der Waals surface area contributed by atoms with E-state index in [0.717, 1.165) is 0 Å². The molecule has 52 valence electrons. The van der Waals surface area contributed by atoms with Gasteiger partial charge in [-0.3, -0.25) is 4.79 Å². The van der Waals surface area contributed by atoms with E-state index in [1.807, 2.05) is 0 Å². The Bertz CT molecular complexity index is 146. The third kappa shape index (κ3) is 1.37. The Morgan fingerprint density at radius 3 is 2.33 bits per heavy atom. The zero-order chi connectivity index (χ0) is 7.07. The summed E-state index contributed by atoms with van der Waals surface area (Å²) < 4.78 is 23.9. The van der Waals surface area contributed by atoms with Crippen LogP contribution in [0.2, 0.25) is 0 Å². The molecule has 1 aliphatic rings. The van der Waals surface area contributed by atoms with Crippen molar-refractivity contribution in [3.63, 3.8) is 0 Å². The summed E-state index contributed by atoms with van der Waals surface area (Å²) in [5.41, 5.74) is 0. The van der Waals surface area contributed by atoms with Crippen LogP contribution in [-0.4, -0.2) is 17.9 Å². The minimum absolute atomic E-state index is 0.202. The highest BCUT2D eigenvalue weighted by molar-refractivity contribution is 5.73. The van der Waals surface area contributed by atoms with E-state index in [4.69, 9.17) is 0 Å². The Morgan fingerprint density at radius 1 is 1.78 bits per heavy atom. The molecule has 0 aromatic rings. The number of amides is 1. The number of alkyl halides is 2. The van der Waals surface area contributed by atoms with Crippen molar-refractivity contribution < 1.29 is 13.6 Å². The Hall–Kier alpha value is -0.670. The number of carbonyl (C=O) groups excluding carboxylic acids is 1. The summed E-state index contributed by atoms with van der Waals surface area (Å²) in [6, 6.07) is -0.894. The molecule has 1 unspecified atom stereocenters. The predicted molar refractivity (Wildman–Crippen MR) is 27.2 cm³/mol. The van der Waals surface area contributed by atoms with Crippen molar-refractivity contribution in [2.45, 2.75) is 25.3 Å². The van der Waals surface area contributed by atoms with Gasteiger partial charge in [0.15, 0.2) is 0 Å². The van der Waals surface area contributed by atoms with Crippen LogP contribution in [0.4, 0.5) is 8.78 Å². The highest BCUT2D eigenvalue weighted by Crippen LogP contribution is 2.41. The summed E-state index contributed by atoms with van der Waals surface area (Å²) in [6.07, 6.45) is -0.202. The molecule has 1 N–H and O–H groups in total. The molecule has 1 saturated carbocycles. The number of carbonyl (C=O) groups is 1. The number of hydrogen-bond acceptors (Lipinski definition) is 1. The third-order valence-corrected chi connectivity index (χ3v) is 1.20. The van der Waals surface area contributed by atoms with E-state index >= 15 is 0 Å². The molecule has 0 aromatic heterocycles. The monoisotopic (exact) mass is 135 g/mol. The second-order valence-corrected chi connectivity index (χ2v) is 2.22. The SMILES string of the molecule is CC(=O)NC1CC1(F)F. The lowest BCUT2D eigenvalue weighted by Gasteiger charge is -1.96. The zero-order valence-corrected chi connectivity index (χ0v) is 4.95. The topological polar surface area (TPSA) is 29.1 Å². The summed E-state index contributed by atoms with van der Waals surface area (Å²) in [6.45, 7) is 1.23. The maximum absolute atomic E-state index is 11.9. The molecule has 1 rings (SSSR count). The summed E-state index contributed by atoms with van der Waals surface area (Å²) in [7, 11) is 0. The summed E-state index contributed by atoms with van der Waals surface area (Å²) in [4.78, 5) is 10.1. The van der Waals surface area contributed by atoms with Gasteiger partial charge in [-0.1, -0.05) is 0 Å². The van der Waals surface area contributed by atoms with E-state index < -0.39 is 17.9 Å². The fourth-order valence-corrected chi connectivity index (χ4v) is 0.615. The quantitative estimate of drug-likeness (QED) is 0.558. The Balaban J connectivity index is 2.28. The van der Waals surface area contributed by atoms with Gasteiger partial charge in [-0.05, 0) is 0 Å². The highest BCUT2D eigenvalue weighted by atomic mass is 19.3. The second-order valence-electron chi connectivity index (χ2n) is 2.22. The van der Waals surface area contributed by atoms with Crippen molar-refractivity contribution in [2.24, 2.45) is 0 Å². The molecule has 0 aliphatic heterocycles. The van der Waals surface area contributed by atoms with Gasteiger partial charge >= 0.3 is 0 Å². The fraction of sp³-hybridized carbons (Fsp3) is 0.800. The van der Waals surface area contributed by atoms with Crippen molar-refractivity contribution in [3.05, 3.63) is 0 Å². The van der Waals surface area contributed by atoms with Crippen molar-refractivity contribution in [1.29, 1.82) is 0 Å². The molecule has 0 saturated heterocycles. The van der Waals surface area contributed by atoms with Gasteiger partial charge in [0.1, 0.15) is 0 Å². The molecule has 1 aliphatic carbocycles. The van der Waals surface area contributed by atoms with Gasteiger partial charge in [0.05, 0.1) is 6.04 Å². The Kier molecular flexibility index (Phi) is 1.18. The summed E-state index contributed by atoms with van der Waals surface area (Å²) >= 11 is 0. The first kappa shape index (κ1) is 6.45. The first-order chi connectivity index (χ1) is 4.02. The lowest BCUT2D eigenvalue weighted by atomic mass is 10.6. The van der Waals surface area contributed by atoms with Crippen LogP contribution in [0, 0.1) is 0 Å². The molecular weight excluding hydrogens is 128 g/mol. The predicted octanol–water partition coefficient (Wildman–Crippen LogP) is 0.530. The Morgan fingerprint density at radius 2 is 2.22 bits per heavy atom. The average molecular weight is 135 g/mol. The molecular formula is C5H7F2NO. The molecule has 2 nitrogen and oxygen atoms in total. The van der Waals surface area contributed by atoms with Gasteiger partial charge < -0.3 is 5.32 Å². The van der Waals surface area contributed by atoms with Crippen molar-refractivity contribution in [2.75, 3.05) is 0 Å². The standard InChI is InChI=1S/C5H7F2NO/c1-3(9)8-4-2-5(4,6)7/h4H,2H2,1H3,(H,8,9). The van der Waals surface area contributed by atoms with Crippen LogP contribution in [0.1, 0.15) is 13.3 Å². The van der Waals surface area contributed by atoms with Crippen molar-refractivity contribution in [3.8, 4) is 0 Å². The minimum Gasteiger partial charge on any atom is -0.347 e. The lowest BCUT2D eigenvalue weighted by molar-refractivity contribution is -0.119. The molecule has 0 spiro atoms. The lowest BCUT2D eigenvalue weighted by Crippen LogP contribution is -2.26. The van der Waals surface area contributed by atoms with Crippen LogP contribution in [0.15, 0.2) is 0 Å². The van der Waals surface area contributed by atoms with Crippen LogP contribution >= 0.6 is 0 Å². The van der Waals surface area contributed by atoms with E-state index in [0.29, 0.717) is 0 Å². The van der Waals surface area contributed by atoms with Gasteiger partial charge in [0.2, 0.25) is 5.91 Å². The number of halogens is 2. The van der Waals surface area contributed by atoms with Crippen molar-refractivity contribution >= 4 is 5.91 Å². The molecule has 0 heterocycles. The number of nitrogens with one attached hydrogen (secondary N) is 1. The smallest absolute Gasteiger partial charge is 0.270 e. The first-order valence-corrected chi connectivity index (χ1v) is 2.67. The number of rotatable bonds is 1.